The lowest BCUT2D eigenvalue weighted by Gasteiger charge is -2.19. The van der Waals surface area contributed by atoms with E-state index in [4.69, 9.17) is 9.47 Å². The third-order valence-corrected chi connectivity index (χ3v) is 5.75. The normalized spacial score (nSPS) is 16.1. The SMILES string of the molecule is CCCc1c(C(=O)Nc2ccc(OC3CCOC3)cc2)nnn1-c1ccc(C(C)(C)C)cc1. The molecule has 174 valence electrons. The molecule has 0 radical (unpaired) electrons. The highest BCUT2D eigenvalue weighted by Crippen LogP contribution is 2.25. The van der Waals surface area contributed by atoms with E-state index in [2.05, 4.69) is 55.5 Å². The van der Waals surface area contributed by atoms with E-state index in [1.165, 1.54) is 5.56 Å². The molecule has 1 amide bonds. The summed E-state index contributed by atoms with van der Waals surface area (Å²) in [5, 5.41) is 11.5. The van der Waals surface area contributed by atoms with Crippen LogP contribution < -0.4 is 10.1 Å². The Kier molecular flexibility index (Phi) is 6.79. The monoisotopic (exact) mass is 448 g/mol. The van der Waals surface area contributed by atoms with Crippen LogP contribution in [0, 0.1) is 0 Å². The van der Waals surface area contributed by atoms with Crippen molar-refractivity contribution in [1.29, 1.82) is 0 Å². The van der Waals surface area contributed by atoms with Crippen molar-refractivity contribution >= 4 is 11.6 Å². The fourth-order valence-corrected chi connectivity index (χ4v) is 3.85. The number of hydrogen-bond acceptors (Lipinski definition) is 5. The number of hydrogen-bond donors (Lipinski definition) is 1. The molecule has 2 aromatic carbocycles. The Morgan fingerprint density at radius 3 is 2.48 bits per heavy atom. The molecule has 1 fully saturated rings. The summed E-state index contributed by atoms with van der Waals surface area (Å²) < 4.78 is 13.0. The van der Waals surface area contributed by atoms with Gasteiger partial charge in [0.05, 0.1) is 24.6 Å². The maximum Gasteiger partial charge on any atom is 0.278 e. The van der Waals surface area contributed by atoms with Crippen LogP contribution >= 0.6 is 0 Å². The first-order chi connectivity index (χ1) is 15.8. The zero-order chi connectivity index (χ0) is 23.4. The van der Waals surface area contributed by atoms with Crippen LogP contribution in [-0.4, -0.2) is 40.2 Å². The molecule has 7 heteroatoms. The summed E-state index contributed by atoms with van der Waals surface area (Å²) in [5.41, 5.74) is 4.05. The lowest BCUT2D eigenvalue weighted by atomic mass is 9.87. The number of nitrogens with zero attached hydrogens (tertiary/aromatic N) is 3. The first-order valence-corrected chi connectivity index (χ1v) is 11.6. The Morgan fingerprint density at radius 2 is 1.88 bits per heavy atom. The summed E-state index contributed by atoms with van der Waals surface area (Å²) in [6.45, 7) is 9.99. The maximum atomic E-state index is 13.0. The summed E-state index contributed by atoms with van der Waals surface area (Å²) in [6, 6.07) is 15.6. The first-order valence-electron chi connectivity index (χ1n) is 11.6. The van der Waals surface area contributed by atoms with Gasteiger partial charge in [0.2, 0.25) is 0 Å². The minimum Gasteiger partial charge on any atom is -0.488 e. The summed E-state index contributed by atoms with van der Waals surface area (Å²) >= 11 is 0. The van der Waals surface area contributed by atoms with Gasteiger partial charge in [-0.3, -0.25) is 4.79 Å². The van der Waals surface area contributed by atoms with Crippen molar-refractivity contribution in [1.82, 2.24) is 15.0 Å². The molecule has 3 aromatic rings. The van der Waals surface area contributed by atoms with Crippen LogP contribution in [0.25, 0.3) is 5.69 Å². The topological polar surface area (TPSA) is 78.3 Å². The third kappa shape index (κ3) is 5.42. The fraction of sp³-hybridized carbons (Fsp3) is 0.423. The Labute approximate surface area is 195 Å². The Bertz CT molecular complexity index is 1080. The van der Waals surface area contributed by atoms with Crippen LogP contribution in [0.3, 0.4) is 0 Å². The van der Waals surface area contributed by atoms with Crippen molar-refractivity contribution in [3.05, 3.63) is 65.5 Å². The van der Waals surface area contributed by atoms with Crippen molar-refractivity contribution in [2.75, 3.05) is 18.5 Å². The van der Waals surface area contributed by atoms with Crippen molar-refractivity contribution in [3.63, 3.8) is 0 Å². The molecule has 0 spiro atoms. The van der Waals surface area contributed by atoms with Gasteiger partial charge in [0, 0.05) is 12.1 Å². The second kappa shape index (κ2) is 9.75. The molecule has 1 aliphatic heterocycles. The molecule has 0 aliphatic carbocycles. The molecule has 0 bridgehead atoms. The van der Waals surface area contributed by atoms with E-state index in [0.29, 0.717) is 24.4 Å². The number of amides is 1. The predicted molar refractivity (Wildman–Crippen MR) is 128 cm³/mol. The van der Waals surface area contributed by atoms with Crippen molar-refractivity contribution < 1.29 is 14.3 Å². The van der Waals surface area contributed by atoms with E-state index in [1.54, 1.807) is 4.68 Å². The average molecular weight is 449 g/mol. The van der Waals surface area contributed by atoms with Crippen molar-refractivity contribution in [3.8, 4) is 11.4 Å². The van der Waals surface area contributed by atoms with Gasteiger partial charge in [-0.1, -0.05) is 51.5 Å². The molecule has 0 saturated carbocycles. The minimum absolute atomic E-state index is 0.0731. The second-order valence-electron chi connectivity index (χ2n) is 9.43. The molecule has 1 saturated heterocycles. The van der Waals surface area contributed by atoms with Gasteiger partial charge >= 0.3 is 0 Å². The first kappa shape index (κ1) is 23.0. The summed E-state index contributed by atoms with van der Waals surface area (Å²) in [6.07, 6.45) is 2.57. The molecule has 1 N–H and O–H groups in total. The molecule has 1 aliphatic rings. The standard InChI is InChI=1S/C26H32N4O3/c1-5-6-23-24(28-29-30(23)20-11-7-18(8-12-20)26(2,3)4)25(31)27-19-9-13-21(14-10-19)33-22-15-16-32-17-22/h7-14,22H,5-6,15-17H2,1-4H3,(H,27,31). The highest BCUT2D eigenvalue weighted by Gasteiger charge is 2.21. The van der Waals surface area contributed by atoms with Gasteiger partial charge in [-0.05, 0) is 53.8 Å². The van der Waals surface area contributed by atoms with Gasteiger partial charge in [-0.2, -0.15) is 0 Å². The number of carbonyl (C=O) groups is 1. The molecule has 33 heavy (non-hydrogen) atoms. The van der Waals surface area contributed by atoms with Crippen LogP contribution in [0.2, 0.25) is 0 Å². The van der Waals surface area contributed by atoms with E-state index in [0.717, 1.165) is 36.6 Å². The van der Waals surface area contributed by atoms with Gasteiger partial charge in [-0.15, -0.1) is 5.10 Å². The van der Waals surface area contributed by atoms with Gasteiger partial charge in [0.1, 0.15) is 11.9 Å². The van der Waals surface area contributed by atoms with Crippen molar-refractivity contribution in [2.45, 2.75) is 58.5 Å². The predicted octanol–water partition coefficient (Wildman–Crippen LogP) is 4.94. The quantitative estimate of drug-likeness (QED) is 0.554. The van der Waals surface area contributed by atoms with Gasteiger partial charge < -0.3 is 14.8 Å². The smallest absolute Gasteiger partial charge is 0.278 e. The molecular weight excluding hydrogens is 416 g/mol. The largest absolute Gasteiger partial charge is 0.488 e. The number of aromatic nitrogens is 3. The molecule has 1 aromatic heterocycles. The number of anilines is 1. The van der Waals surface area contributed by atoms with Gasteiger partial charge in [0.25, 0.3) is 5.91 Å². The number of ether oxygens (including phenoxy) is 2. The number of nitrogens with one attached hydrogen (secondary N) is 1. The molecule has 7 nitrogen and oxygen atoms in total. The summed E-state index contributed by atoms with van der Waals surface area (Å²) in [5.74, 6) is 0.494. The molecule has 4 rings (SSSR count). The van der Waals surface area contributed by atoms with Crippen LogP contribution in [0.4, 0.5) is 5.69 Å². The van der Waals surface area contributed by atoms with Crippen LogP contribution in [0.1, 0.15) is 62.3 Å². The zero-order valence-electron chi connectivity index (χ0n) is 19.8. The van der Waals surface area contributed by atoms with E-state index < -0.39 is 0 Å². The van der Waals surface area contributed by atoms with E-state index in [-0.39, 0.29) is 17.4 Å². The Morgan fingerprint density at radius 1 is 1.15 bits per heavy atom. The van der Waals surface area contributed by atoms with Gasteiger partial charge in [0.15, 0.2) is 5.69 Å². The van der Waals surface area contributed by atoms with Crippen molar-refractivity contribution in [2.24, 2.45) is 0 Å². The van der Waals surface area contributed by atoms with Crippen LogP contribution in [0.5, 0.6) is 5.75 Å². The number of carbonyl (C=O) groups excluding carboxylic acids is 1. The Balaban J connectivity index is 1.50. The summed E-state index contributed by atoms with van der Waals surface area (Å²) in [4.78, 5) is 13.0. The highest BCUT2D eigenvalue weighted by atomic mass is 16.5. The average Bonchev–Trinajstić information content (AvgIpc) is 3.45. The van der Waals surface area contributed by atoms with E-state index in [9.17, 15) is 4.79 Å². The fourth-order valence-electron chi connectivity index (χ4n) is 3.85. The van der Waals surface area contributed by atoms with Gasteiger partial charge in [-0.25, -0.2) is 4.68 Å². The molecular formula is C26H32N4O3. The second-order valence-corrected chi connectivity index (χ2v) is 9.43. The zero-order valence-corrected chi connectivity index (χ0v) is 19.8. The third-order valence-electron chi connectivity index (χ3n) is 5.75. The van der Waals surface area contributed by atoms with E-state index in [1.807, 2.05) is 36.4 Å². The number of benzene rings is 2. The maximum absolute atomic E-state index is 13.0. The highest BCUT2D eigenvalue weighted by molar-refractivity contribution is 6.03. The molecule has 1 unspecified atom stereocenters. The van der Waals surface area contributed by atoms with Crippen LogP contribution in [0.15, 0.2) is 48.5 Å². The lowest BCUT2D eigenvalue weighted by molar-refractivity contribution is 0.102. The minimum atomic E-state index is -0.270. The molecule has 1 atom stereocenters. The van der Waals surface area contributed by atoms with Crippen LogP contribution in [-0.2, 0) is 16.6 Å². The number of rotatable bonds is 7. The Hall–Kier alpha value is -3.19. The lowest BCUT2D eigenvalue weighted by Crippen LogP contribution is -2.16. The van der Waals surface area contributed by atoms with E-state index >= 15 is 0 Å². The summed E-state index contributed by atoms with van der Waals surface area (Å²) in [7, 11) is 0. The molecule has 2 heterocycles.